The predicted molar refractivity (Wildman–Crippen MR) is 92.7 cm³/mol. The highest BCUT2D eigenvalue weighted by Gasteiger charge is 2.17. The van der Waals surface area contributed by atoms with Gasteiger partial charge in [-0.1, -0.05) is 23.7 Å². The predicted octanol–water partition coefficient (Wildman–Crippen LogP) is 3.84. The Kier molecular flexibility index (Phi) is 5.82. The zero-order valence-electron chi connectivity index (χ0n) is 13.6. The molecule has 0 spiro atoms. The van der Waals surface area contributed by atoms with Crippen LogP contribution in [0.25, 0.3) is 0 Å². The van der Waals surface area contributed by atoms with Gasteiger partial charge < -0.3 is 14.8 Å². The van der Waals surface area contributed by atoms with Crippen molar-refractivity contribution in [2.75, 3.05) is 12.4 Å². The van der Waals surface area contributed by atoms with Crippen LogP contribution in [0.1, 0.15) is 22.8 Å². The van der Waals surface area contributed by atoms with Gasteiger partial charge in [0, 0.05) is 0 Å². The summed E-state index contributed by atoms with van der Waals surface area (Å²) in [5.41, 5.74) is 1.66. The van der Waals surface area contributed by atoms with Crippen LogP contribution >= 0.6 is 11.6 Å². The van der Waals surface area contributed by atoms with Crippen LogP contribution in [0.4, 0.5) is 5.69 Å². The maximum Gasteiger partial charge on any atom is 0.337 e. The van der Waals surface area contributed by atoms with Crippen molar-refractivity contribution < 1.29 is 19.1 Å². The summed E-state index contributed by atoms with van der Waals surface area (Å²) in [5, 5.41) is 2.98. The fourth-order valence-corrected chi connectivity index (χ4v) is 2.21. The van der Waals surface area contributed by atoms with Crippen molar-refractivity contribution in [2.45, 2.75) is 20.0 Å². The average Bonchev–Trinajstić information content (AvgIpc) is 2.56. The topological polar surface area (TPSA) is 64.6 Å². The van der Waals surface area contributed by atoms with E-state index in [-0.39, 0.29) is 5.91 Å². The van der Waals surface area contributed by atoms with Gasteiger partial charge in [-0.15, -0.1) is 0 Å². The zero-order chi connectivity index (χ0) is 17.7. The van der Waals surface area contributed by atoms with E-state index in [0.717, 1.165) is 5.56 Å². The van der Waals surface area contributed by atoms with Crippen molar-refractivity contribution in [3.8, 4) is 5.75 Å². The molecule has 0 aliphatic rings. The Morgan fingerprint density at radius 1 is 1.17 bits per heavy atom. The molecular weight excluding hydrogens is 330 g/mol. The van der Waals surface area contributed by atoms with E-state index in [1.165, 1.54) is 25.3 Å². The molecule has 0 bridgehead atoms. The summed E-state index contributed by atoms with van der Waals surface area (Å²) in [6.45, 7) is 3.57. The summed E-state index contributed by atoms with van der Waals surface area (Å²) in [6, 6.07) is 11.9. The van der Waals surface area contributed by atoms with Crippen LogP contribution < -0.4 is 10.1 Å². The Morgan fingerprint density at radius 2 is 1.92 bits per heavy atom. The van der Waals surface area contributed by atoms with Crippen molar-refractivity contribution in [3.63, 3.8) is 0 Å². The van der Waals surface area contributed by atoms with E-state index in [0.29, 0.717) is 22.0 Å². The van der Waals surface area contributed by atoms with E-state index >= 15 is 0 Å². The lowest BCUT2D eigenvalue weighted by Crippen LogP contribution is -2.30. The number of rotatable bonds is 5. The smallest absolute Gasteiger partial charge is 0.337 e. The molecule has 1 atom stereocenters. The lowest BCUT2D eigenvalue weighted by molar-refractivity contribution is -0.122. The number of amides is 1. The molecule has 0 unspecified atom stereocenters. The summed E-state index contributed by atoms with van der Waals surface area (Å²) in [7, 11) is 1.28. The quantitative estimate of drug-likeness (QED) is 0.834. The molecule has 24 heavy (non-hydrogen) atoms. The number of benzene rings is 2. The summed E-state index contributed by atoms with van der Waals surface area (Å²) in [5.74, 6) is -0.279. The molecule has 2 aromatic carbocycles. The molecule has 0 radical (unpaired) electrons. The number of hydrogen-bond acceptors (Lipinski definition) is 4. The molecule has 1 amide bonds. The number of esters is 1. The first-order valence-electron chi connectivity index (χ1n) is 7.32. The highest BCUT2D eigenvalue weighted by molar-refractivity contribution is 6.33. The van der Waals surface area contributed by atoms with Gasteiger partial charge in [0.05, 0.1) is 23.4 Å². The number of nitrogens with one attached hydrogen (secondary N) is 1. The average molecular weight is 348 g/mol. The number of halogens is 1. The summed E-state index contributed by atoms with van der Waals surface area (Å²) in [4.78, 5) is 23.9. The van der Waals surface area contributed by atoms with Crippen LogP contribution in [-0.2, 0) is 9.53 Å². The minimum atomic E-state index is -0.732. The molecule has 2 rings (SSSR count). The molecule has 0 aromatic heterocycles. The first-order chi connectivity index (χ1) is 11.4. The summed E-state index contributed by atoms with van der Waals surface area (Å²) < 4.78 is 10.3. The number of ether oxygens (including phenoxy) is 2. The van der Waals surface area contributed by atoms with Crippen LogP contribution in [0.2, 0.25) is 5.02 Å². The first kappa shape index (κ1) is 17.8. The summed E-state index contributed by atoms with van der Waals surface area (Å²) in [6.07, 6.45) is -0.732. The highest BCUT2D eigenvalue weighted by Crippen LogP contribution is 2.24. The summed E-state index contributed by atoms with van der Waals surface area (Å²) >= 11 is 6.07. The van der Waals surface area contributed by atoms with Gasteiger partial charge in [0.2, 0.25) is 0 Å². The van der Waals surface area contributed by atoms with E-state index in [9.17, 15) is 9.59 Å². The Balaban J connectivity index is 2.09. The van der Waals surface area contributed by atoms with Gasteiger partial charge in [-0.25, -0.2) is 4.79 Å². The Bertz CT molecular complexity index is 760. The molecule has 0 aliphatic heterocycles. The number of hydrogen-bond donors (Lipinski definition) is 1. The molecule has 5 nitrogen and oxygen atoms in total. The first-order valence-corrected chi connectivity index (χ1v) is 7.70. The number of carbonyl (C=O) groups excluding carboxylic acids is 2. The molecule has 0 fully saturated rings. The number of methoxy groups -OCH3 is 1. The largest absolute Gasteiger partial charge is 0.481 e. The third kappa shape index (κ3) is 4.49. The Labute approximate surface area is 145 Å². The van der Waals surface area contributed by atoms with Gasteiger partial charge in [-0.3, -0.25) is 4.79 Å². The molecule has 0 aliphatic carbocycles. The van der Waals surface area contributed by atoms with Crippen molar-refractivity contribution in [1.82, 2.24) is 0 Å². The van der Waals surface area contributed by atoms with Gasteiger partial charge >= 0.3 is 5.97 Å². The van der Waals surface area contributed by atoms with Crippen molar-refractivity contribution in [2.24, 2.45) is 0 Å². The van der Waals surface area contributed by atoms with E-state index in [1.54, 1.807) is 13.0 Å². The number of anilines is 1. The van der Waals surface area contributed by atoms with E-state index in [4.69, 9.17) is 16.3 Å². The van der Waals surface area contributed by atoms with Crippen LogP contribution in [0.5, 0.6) is 5.75 Å². The Morgan fingerprint density at radius 3 is 2.58 bits per heavy atom. The van der Waals surface area contributed by atoms with E-state index in [2.05, 4.69) is 10.1 Å². The SMILES string of the molecule is COC(=O)c1ccc(Cl)c(NC(=O)[C@H](C)Oc2cccc(C)c2)c1. The highest BCUT2D eigenvalue weighted by atomic mass is 35.5. The molecule has 6 heteroatoms. The van der Waals surface area contributed by atoms with Gasteiger partial charge in [-0.2, -0.15) is 0 Å². The molecule has 1 N–H and O–H groups in total. The third-order valence-corrected chi connectivity index (χ3v) is 3.65. The van der Waals surface area contributed by atoms with E-state index in [1.807, 2.05) is 25.1 Å². The molecule has 0 saturated carbocycles. The van der Waals surface area contributed by atoms with Gasteiger partial charge in [0.1, 0.15) is 5.75 Å². The van der Waals surface area contributed by atoms with Crippen molar-refractivity contribution >= 4 is 29.2 Å². The molecule has 0 heterocycles. The fraction of sp³-hybridized carbons (Fsp3) is 0.222. The lowest BCUT2D eigenvalue weighted by atomic mass is 10.2. The maximum absolute atomic E-state index is 12.3. The van der Waals surface area contributed by atoms with Gasteiger partial charge in [0.25, 0.3) is 5.91 Å². The zero-order valence-corrected chi connectivity index (χ0v) is 14.4. The minimum Gasteiger partial charge on any atom is -0.481 e. The fourth-order valence-electron chi connectivity index (χ4n) is 2.05. The third-order valence-electron chi connectivity index (χ3n) is 3.32. The molecule has 126 valence electrons. The maximum atomic E-state index is 12.3. The second-order valence-electron chi connectivity index (χ2n) is 5.25. The monoisotopic (exact) mass is 347 g/mol. The van der Waals surface area contributed by atoms with Crippen LogP contribution in [0.3, 0.4) is 0 Å². The molecule has 2 aromatic rings. The second-order valence-corrected chi connectivity index (χ2v) is 5.66. The van der Waals surface area contributed by atoms with E-state index < -0.39 is 12.1 Å². The van der Waals surface area contributed by atoms with Gasteiger partial charge in [0.15, 0.2) is 6.10 Å². The molecule has 0 saturated heterocycles. The minimum absolute atomic E-state index is 0.296. The number of carbonyl (C=O) groups is 2. The van der Waals surface area contributed by atoms with Crippen LogP contribution in [0, 0.1) is 6.92 Å². The molecular formula is C18H18ClNO4. The van der Waals surface area contributed by atoms with Crippen LogP contribution in [0.15, 0.2) is 42.5 Å². The Hall–Kier alpha value is -2.53. The van der Waals surface area contributed by atoms with Crippen molar-refractivity contribution in [3.05, 3.63) is 58.6 Å². The number of aryl methyl sites for hydroxylation is 1. The second kappa shape index (κ2) is 7.84. The van der Waals surface area contributed by atoms with Crippen molar-refractivity contribution in [1.29, 1.82) is 0 Å². The lowest BCUT2D eigenvalue weighted by Gasteiger charge is -2.16. The standard InChI is InChI=1S/C18H18ClNO4/c1-11-5-4-6-14(9-11)24-12(2)17(21)20-16-10-13(18(22)23-3)7-8-15(16)19/h4-10,12H,1-3H3,(H,20,21)/t12-/m0/s1. The van der Waals surface area contributed by atoms with Gasteiger partial charge in [-0.05, 0) is 49.7 Å². The van der Waals surface area contributed by atoms with Crippen LogP contribution in [-0.4, -0.2) is 25.1 Å². The normalized spacial score (nSPS) is 11.5.